The monoisotopic (exact) mass is 451 g/mol. The smallest absolute Gasteiger partial charge is 0.338 e. The van der Waals surface area contributed by atoms with E-state index in [4.69, 9.17) is 17.0 Å². The second kappa shape index (κ2) is 10.4. The third-order valence-electron chi connectivity index (χ3n) is 5.26. The molecule has 0 saturated heterocycles. The predicted molar refractivity (Wildman–Crippen MR) is 130 cm³/mol. The Bertz CT molecular complexity index is 1020. The molecule has 2 aromatic rings. The van der Waals surface area contributed by atoms with Crippen LogP contribution in [-0.4, -0.2) is 35.5 Å². The second-order valence-corrected chi connectivity index (χ2v) is 8.65. The standard InChI is InChI=1S/C25H29N3O3S/c1-16(2)15-31-24(30)22-17(3)28(4)25(32)27-23(22)19-10-12-20(13-11-19)26-21(29)14-18-8-6-5-7-9-18/h5-13,16,23H,14-15H2,1-4H3,(H,26,29)(H,27,32). The van der Waals surface area contributed by atoms with Gasteiger partial charge in [0, 0.05) is 18.4 Å². The van der Waals surface area contributed by atoms with Crippen LogP contribution >= 0.6 is 12.2 Å². The lowest BCUT2D eigenvalue weighted by atomic mass is 9.95. The van der Waals surface area contributed by atoms with Gasteiger partial charge in [-0.25, -0.2) is 4.79 Å². The summed E-state index contributed by atoms with van der Waals surface area (Å²) in [6.45, 7) is 6.21. The Hall–Kier alpha value is -3.19. The largest absolute Gasteiger partial charge is 0.462 e. The van der Waals surface area contributed by atoms with Gasteiger partial charge in [0.1, 0.15) is 0 Å². The van der Waals surface area contributed by atoms with Crippen molar-refractivity contribution >= 4 is 34.9 Å². The highest BCUT2D eigenvalue weighted by Gasteiger charge is 2.33. The van der Waals surface area contributed by atoms with Gasteiger partial charge in [0.05, 0.1) is 24.6 Å². The van der Waals surface area contributed by atoms with Gasteiger partial charge in [-0.2, -0.15) is 0 Å². The number of benzene rings is 2. The normalized spacial score (nSPS) is 16.1. The van der Waals surface area contributed by atoms with Crippen LogP contribution in [0.25, 0.3) is 0 Å². The third-order valence-corrected chi connectivity index (χ3v) is 5.65. The highest BCUT2D eigenvalue weighted by molar-refractivity contribution is 7.80. The first kappa shape index (κ1) is 23.5. The van der Waals surface area contributed by atoms with Crippen LogP contribution in [0.4, 0.5) is 5.69 Å². The molecule has 1 unspecified atom stereocenters. The predicted octanol–water partition coefficient (Wildman–Crippen LogP) is 4.20. The molecule has 0 radical (unpaired) electrons. The SMILES string of the molecule is CC1=C(C(=O)OCC(C)C)C(c2ccc(NC(=O)Cc3ccccc3)cc2)NC(=S)N1C. The number of carbonyl (C=O) groups is 2. The quantitative estimate of drug-likeness (QED) is 0.486. The molecule has 0 fully saturated rings. The third kappa shape index (κ3) is 5.73. The topological polar surface area (TPSA) is 70.7 Å². The minimum absolute atomic E-state index is 0.0868. The van der Waals surface area contributed by atoms with E-state index in [9.17, 15) is 9.59 Å². The summed E-state index contributed by atoms with van der Waals surface area (Å²) in [6, 6.07) is 16.6. The summed E-state index contributed by atoms with van der Waals surface area (Å²) in [6.07, 6.45) is 0.307. The van der Waals surface area contributed by atoms with Crippen LogP contribution in [-0.2, 0) is 20.7 Å². The number of nitrogens with one attached hydrogen (secondary N) is 2. The van der Waals surface area contributed by atoms with Gasteiger partial charge in [-0.1, -0.05) is 56.3 Å². The Kier molecular flexibility index (Phi) is 7.64. The van der Waals surface area contributed by atoms with E-state index in [2.05, 4.69) is 10.6 Å². The van der Waals surface area contributed by atoms with Crippen molar-refractivity contribution in [3.8, 4) is 0 Å². The van der Waals surface area contributed by atoms with Crippen molar-refractivity contribution < 1.29 is 14.3 Å². The lowest BCUT2D eigenvalue weighted by molar-refractivity contribution is -0.140. The number of esters is 1. The van der Waals surface area contributed by atoms with Gasteiger partial charge in [-0.05, 0) is 48.3 Å². The van der Waals surface area contributed by atoms with E-state index in [1.54, 1.807) is 4.90 Å². The molecule has 1 aliphatic heterocycles. The number of nitrogens with zero attached hydrogens (tertiary/aromatic N) is 1. The molecule has 1 atom stereocenters. The molecule has 6 nitrogen and oxygen atoms in total. The number of anilines is 1. The summed E-state index contributed by atoms with van der Waals surface area (Å²) in [4.78, 5) is 27.0. The molecule has 1 heterocycles. The van der Waals surface area contributed by atoms with Crippen LogP contribution in [0.2, 0.25) is 0 Å². The molecule has 168 valence electrons. The average Bonchev–Trinajstić information content (AvgIpc) is 2.76. The molecule has 2 N–H and O–H groups in total. The van der Waals surface area contributed by atoms with Crippen LogP contribution in [0.15, 0.2) is 65.9 Å². The zero-order chi connectivity index (χ0) is 23.3. The fourth-order valence-corrected chi connectivity index (χ4v) is 3.67. The van der Waals surface area contributed by atoms with Crippen LogP contribution in [0, 0.1) is 5.92 Å². The van der Waals surface area contributed by atoms with Gasteiger partial charge in [0.15, 0.2) is 5.11 Å². The Morgan fingerprint density at radius 1 is 1.12 bits per heavy atom. The molecule has 3 rings (SSSR count). The van der Waals surface area contributed by atoms with Crippen LogP contribution in [0.1, 0.15) is 37.9 Å². The highest BCUT2D eigenvalue weighted by atomic mass is 32.1. The van der Waals surface area contributed by atoms with Crippen molar-refractivity contribution in [3.05, 3.63) is 77.0 Å². The molecule has 0 aromatic heterocycles. The van der Waals surface area contributed by atoms with Gasteiger partial charge in [-0.15, -0.1) is 0 Å². The highest BCUT2D eigenvalue weighted by Crippen LogP contribution is 2.31. The van der Waals surface area contributed by atoms with Crippen LogP contribution in [0.3, 0.4) is 0 Å². The summed E-state index contributed by atoms with van der Waals surface area (Å²) in [5.74, 6) is -0.202. The Morgan fingerprint density at radius 2 is 1.78 bits per heavy atom. The molecular weight excluding hydrogens is 422 g/mol. The number of thiocarbonyl (C=S) groups is 1. The Labute approximate surface area is 194 Å². The van der Waals surface area contributed by atoms with Gasteiger partial charge >= 0.3 is 5.97 Å². The summed E-state index contributed by atoms with van der Waals surface area (Å²) >= 11 is 5.44. The summed E-state index contributed by atoms with van der Waals surface area (Å²) < 4.78 is 5.52. The molecule has 0 bridgehead atoms. The molecule has 1 amide bonds. The van der Waals surface area contributed by atoms with Crippen molar-refractivity contribution in [3.63, 3.8) is 0 Å². The fourth-order valence-electron chi connectivity index (χ4n) is 3.42. The van der Waals surface area contributed by atoms with Crippen molar-refractivity contribution in [2.45, 2.75) is 33.2 Å². The Morgan fingerprint density at radius 3 is 2.41 bits per heavy atom. The van der Waals surface area contributed by atoms with Crippen molar-refractivity contribution in [1.82, 2.24) is 10.2 Å². The molecule has 0 aliphatic carbocycles. The minimum atomic E-state index is -0.424. The fraction of sp³-hybridized carbons (Fsp3) is 0.320. The first-order chi connectivity index (χ1) is 15.3. The molecule has 0 spiro atoms. The van der Waals surface area contributed by atoms with Gasteiger partial charge in [-0.3, -0.25) is 4.79 Å². The summed E-state index contributed by atoms with van der Waals surface area (Å²) in [5, 5.41) is 6.69. The lowest BCUT2D eigenvalue weighted by Crippen LogP contribution is -2.46. The number of rotatable bonds is 7. The first-order valence-electron chi connectivity index (χ1n) is 10.6. The lowest BCUT2D eigenvalue weighted by Gasteiger charge is -2.35. The van der Waals surface area contributed by atoms with Crippen molar-refractivity contribution in [2.24, 2.45) is 5.92 Å². The van der Waals surface area contributed by atoms with E-state index >= 15 is 0 Å². The maximum absolute atomic E-state index is 12.9. The number of amides is 1. The van der Waals surface area contributed by atoms with Gasteiger partial charge < -0.3 is 20.3 Å². The van der Waals surface area contributed by atoms with E-state index in [0.29, 0.717) is 29.4 Å². The average molecular weight is 452 g/mol. The number of carbonyl (C=O) groups excluding carboxylic acids is 2. The van der Waals surface area contributed by atoms with Crippen LogP contribution in [0.5, 0.6) is 0 Å². The van der Waals surface area contributed by atoms with Crippen molar-refractivity contribution in [1.29, 1.82) is 0 Å². The second-order valence-electron chi connectivity index (χ2n) is 8.27. The number of allylic oxidation sites excluding steroid dienone is 1. The van der Waals surface area contributed by atoms with E-state index in [1.165, 1.54) is 0 Å². The molecule has 0 saturated carbocycles. The number of ether oxygens (including phenoxy) is 1. The minimum Gasteiger partial charge on any atom is -0.462 e. The van der Waals surface area contributed by atoms with E-state index < -0.39 is 6.04 Å². The maximum Gasteiger partial charge on any atom is 0.338 e. The zero-order valence-corrected chi connectivity index (χ0v) is 19.7. The zero-order valence-electron chi connectivity index (χ0n) is 18.8. The molecular formula is C25H29N3O3S. The maximum atomic E-state index is 12.9. The van der Waals surface area contributed by atoms with Gasteiger partial charge in [0.2, 0.25) is 5.91 Å². The first-order valence-corrected chi connectivity index (χ1v) is 11.0. The molecule has 32 heavy (non-hydrogen) atoms. The van der Waals surface area contributed by atoms with E-state index in [1.807, 2.05) is 82.4 Å². The molecule has 2 aromatic carbocycles. The summed E-state index contributed by atoms with van der Waals surface area (Å²) in [7, 11) is 1.82. The molecule has 7 heteroatoms. The van der Waals surface area contributed by atoms with E-state index in [-0.39, 0.29) is 17.8 Å². The van der Waals surface area contributed by atoms with E-state index in [0.717, 1.165) is 16.8 Å². The van der Waals surface area contributed by atoms with Gasteiger partial charge in [0.25, 0.3) is 0 Å². The Balaban J connectivity index is 1.77. The van der Waals surface area contributed by atoms with Crippen LogP contribution < -0.4 is 10.6 Å². The number of hydrogen-bond acceptors (Lipinski definition) is 4. The van der Waals surface area contributed by atoms with Crippen molar-refractivity contribution in [2.75, 3.05) is 19.0 Å². The summed E-state index contributed by atoms with van der Waals surface area (Å²) in [5.41, 5.74) is 3.79. The number of hydrogen-bond donors (Lipinski definition) is 2. The molecule has 1 aliphatic rings.